The lowest BCUT2D eigenvalue weighted by Gasteiger charge is -2.48. The van der Waals surface area contributed by atoms with Gasteiger partial charge in [0.1, 0.15) is 0 Å². The maximum atomic E-state index is 5.50. The molecular formula is C143H136N6S. The number of fused-ring (bicyclic) bond motifs is 4. The van der Waals surface area contributed by atoms with Crippen LogP contribution in [0.5, 0.6) is 0 Å². The first-order valence-electron chi connectivity index (χ1n) is 52.7. The van der Waals surface area contributed by atoms with E-state index in [1.165, 1.54) is 93.7 Å². The van der Waals surface area contributed by atoms with Gasteiger partial charge in [-0.3, -0.25) is 0 Å². The zero-order valence-corrected chi connectivity index (χ0v) is 91.3. The first-order valence-corrected chi connectivity index (χ1v) is 53.5. The molecule has 0 amide bonds. The van der Waals surface area contributed by atoms with Gasteiger partial charge in [-0.15, -0.1) is 0 Å². The van der Waals surface area contributed by atoms with E-state index in [9.17, 15) is 0 Å². The van der Waals surface area contributed by atoms with E-state index in [1.807, 2.05) is 11.8 Å². The van der Waals surface area contributed by atoms with Crippen molar-refractivity contribution in [3.63, 3.8) is 0 Å². The van der Waals surface area contributed by atoms with Crippen molar-refractivity contribution in [1.82, 2.24) is 19.9 Å². The summed E-state index contributed by atoms with van der Waals surface area (Å²) in [6.07, 6.45) is 0. The van der Waals surface area contributed by atoms with Gasteiger partial charge in [0, 0.05) is 65.5 Å². The Morgan fingerprint density at radius 2 is 0.427 bits per heavy atom. The van der Waals surface area contributed by atoms with Crippen LogP contribution in [0.2, 0.25) is 0 Å². The lowest BCUT2D eigenvalue weighted by molar-refractivity contribution is 0.527. The van der Waals surface area contributed by atoms with E-state index in [-0.39, 0.29) is 38.2 Å². The molecule has 2 aliphatic heterocycles. The summed E-state index contributed by atoms with van der Waals surface area (Å²) in [7, 11) is 0. The monoisotopic (exact) mass is 1970 g/mol. The molecule has 0 bridgehead atoms. The summed E-state index contributed by atoms with van der Waals surface area (Å²) in [4.78, 5) is 28.9. The Labute approximate surface area is 895 Å². The van der Waals surface area contributed by atoms with Crippen LogP contribution in [0.3, 0.4) is 0 Å². The molecule has 2 aromatic heterocycles. The number of hydrogen-bond acceptors (Lipinski definition) is 7. The predicted octanol–water partition coefficient (Wildman–Crippen LogP) is 39.8. The third-order valence-corrected chi connectivity index (χ3v) is 29.7. The van der Waals surface area contributed by atoms with Gasteiger partial charge < -0.3 is 9.80 Å². The van der Waals surface area contributed by atoms with Gasteiger partial charge in [-0.25, -0.2) is 19.9 Å². The van der Waals surface area contributed by atoms with E-state index in [0.29, 0.717) is 17.5 Å². The lowest BCUT2D eigenvalue weighted by atomic mass is 9.71. The summed E-state index contributed by atoms with van der Waals surface area (Å²) in [5, 5.41) is 0. The van der Waals surface area contributed by atoms with E-state index in [4.69, 9.17) is 19.9 Å². The van der Waals surface area contributed by atoms with Crippen molar-refractivity contribution in [3.05, 3.63) is 494 Å². The average molecular weight is 1970 g/mol. The van der Waals surface area contributed by atoms with Crippen molar-refractivity contribution in [1.29, 1.82) is 0 Å². The minimum atomic E-state index is -0.0299. The summed E-state index contributed by atoms with van der Waals surface area (Å²) in [6, 6.07) is 165. The summed E-state index contributed by atoms with van der Waals surface area (Å²) in [6.45, 7) is 45.6. The second-order valence-corrected chi connectivity index (χ2v) is 47.4. The fourth-order valence-corrected chi connectivity index (χ4v) is 21.4. The van der Waals surface area contributed by atoms with Gasteiger partial charge in [0.15, 0.2) is 17.5 Å². The Bertz CT molecular complexity index is 7640. The molecule has 20 aromatic rings. The van der Waals surface area contributed by atoms with Crippen molar-refractivity contribution >= 4 is 34.5 Å². The summed E-state index contributed by atoms with van der Waals surface area (Å²) >= 11 is 1.89. The van der Waals surface area contributed by atoms with Crippen molar-refractivity contribution < 1.29 is 0 Å². The molecule has 0 N–H and O–H groups in total. The van der Waals surface area contributed by atoms with Crippen LogP contribution in [0.1, 0.15) is 172 Å². The number of benzene rings is 18. The molecule has 150 heavy (non-hydrogen) atoms. The van der Waals surface area contributed by atoms with Crippen LogP contribution in [0.4, 0.5) is 22.7 Å². The normalized spacial score (nSPS) is 12.7. The summed E-state index contributed by atoms with van der Waals surface area (Å²) in [5.74, 6) is 1.90. The van der Waals surface area contributed by atoms with Gasteiger partial charge in [-0.05, 0) is 324 Å². The highest BCUT2D eigenvalue weighted by Gasteiger charge is 2.41. The molecule has 18 aromatic carbocycles. The summed E-state index contributed by atoms with van der Waals surface area (Å²) in [5.41, 5.74) is 41.5. The fourth-order valence-electron chi connectivity index (χ4n) is 20.3. The van der Waals surface area contributed by atoms with E-state index >= 15 is 0 Å². The minimum Gasteiger partial charge on any atom is -0.336 e. The Morgan fingerprint density at radius 1 is 0.173 bits per heavy atom. The predicted molar refractivity (Wildman–Crippen MR) is 641 cm³/mol. The molecule has 0 atom stereocenters. The maximum absolute atomic E-state index is 5.50. The van der Waals surface area contributed by atoms with Gasteiger partial charge in [0.25, 0.3) is 0 Å². The molecule has 6 nitrogen and oxygen atoms in total. The number of pyridine rings is 1. The maximum Gasteiger partial charge on any atom is 0.164 e. The van der Waals surface area contributed by atoms with Gasteiger partial charge in [0.2, 0.25) is 0 Å². The Morgan fingerprint density at radius 3 is 0.780 bits per heavy atom. The van der Waals surface area contributed by atoms with Crippen LogP contribution in [0.15, 0.2) is 471 Å². The second-order valence-electron chi connectivity index (χ2n) is 46.4. The van der Waals surface area contributed by atoms with Crippen molar-refractivity contribution in [2.24, 2.45) is 0 Å². The Hall–Kier alpha value is -15.9. The second kappa shape index (κ2) is 42.7. The van der Waals surface area contributed by atoms with Crippen LogP contribution in [-0.4, -0.2) is 31.0 Å². The minimum absolute atomic E-state index is 0.00887. The lowest BCUT2D eigenvalue weighted by Crippen LogP contribution is -2.43. The number of hydrogen-bond donors (Lipinski definition) is 0. The average Bonchev–Trinajstić information content (AvgIpc) is 0.715. The standard InChI is InChI=1S/C51H41N.C49H39N3.C23H31N.C20H25NS/c1-51(2,3)48-26-24-40(25-27-48)45-34-49(46-30-41(36-16-8-4-9-17-36)28-42(31-46)37-18-10-5-11-19-37)52-50(35-45)47-32-43(38-20-12-6-13-21-38)29-44(33-47)39-22-14-7-15-23-39;1-49(2,3)45-26-16-25-38(33-45)46-50-47(43-29-39(34-17-8-4-9-18-34)27-40(30-43)35-19-10-5-11-20-35)52-48(51-46)44-31-41(36-21-12-6-13-22-36)28-42(32-44)37-23-14-7-15-24-37;1-21(2,3)16-13-14-20-18(15-16)23(7,8)17-11-9-10-12-19(17)24(20)22(4,5)6;1-19(2,3)14-11-12-16-18(13-14)22-17-10-8-7-9-15(17)21(16)20(4,5)6/h4-35H,1-3H3;4-33H,1-3H3;9-15H,1-8H3;7-13H,1-6H3. The smallest absolute Gasteiger partial charge is 0.164 e. The number of nitrogens with zero attached hydrogens (tertiary/aromatic N) is 6. The van der Waals surface area contributed by atoms with Crippen molar-refractivity contribution in [2.45, 2.75) is 186 Å². The third kappa shape index (κ3) is 23.3. The Balaban J connectivity index is 0.000000134. The number of para-hydroxylation sites is 2. The molecule has 0 unspecified atom stereocenters. The highest BCUT2D eigenvalue weighted by Crippen LogP contribution is 2.55. The molecule has 7 heteroatoms. The molecule has 0 aliphatic carbocycles. The highest BCUT2D eigenvalue weighted by atomic mass is 32.2. The van der Waals surface area contributed by atoms with E-state index in [1.54, 1.807) is 0 Å². The molecule has 744 valence electrons. The van der Waals surface area contributed by atoms with Crippen molar-refractivity contribution in [2.75, 3.05) is 9.80 Å². The SMILES string of the molecule is CC(C)(C)c1ccc(-c2cc(-c3cc(-c4ccccc4)cc(-c4ccccc4)c3)nc(-c3cc(-c4ccccc4)cc(-c4ccccc4)c3)c2)cc1.CC(C)(C)c1ccc2c(c1)C(C)(C)c1ccccc1N2C(C)(C)C.CC(C)(C)c1ccc2c(c1)Sc1ccccc1N2C(C)(C)C.CC(C)(C)c1cccc(-c2nc(-c3cc(-c4ccccc4)cc(-c4ccccc4)c3)nc(-c3cc(-c4ccccc4)cc(-c4ccccc4)c3)n2)c1. The van der Waals surface area contributed by atoms with Gasteiger partial charge >= 0.3 is 0 Å². The van der Waals surface area contributed by atoms with Crippen LogP contribution in [-0.2, 0) is 27.1 Å². The van der Waals surface area contributed by atoms with Crippen LogP contribution in [0.25, 0.3) is 157 Å². The molecule has 0 saturated carbocycles. The quantitative estimate of drug-likeness (QED) is 0.108. The van der Waals surface area contributed by atoms with Crippen molar-refractivity contribution in [3.8, 4) is 157 Å². The number of anilines is 4. The molecule has 0 fully saturated rings. The van der Waals surface area contributed by atoms with Gasteiger partial charge in [0.05, 0.1) is 22.8 Å². The fraction of sp³-hybridized carbons (Fsp3) is 0.189. The molecule has 0 spiro atoms. The molecule has 0 radical (unpaired) electrons. The number of rotatable bonds is 14. The van der Waals surface area contributed by atoms with E-state index in [0.717, 1.165) is 112 Å². The highest BCUT2D eigenvalue weighted by molar-refractivity contribution is 7.99. The molecule has 0 saturated heterocycles. The number of aromatic nitrogens is 4. The first kappa shape index (κ1) is 103. The molecular weight excluding hydrogens is 1830 g/mol. The molecule has 2 aliphatic rings. The van der Waals surface area contributed by atoms with E-state index in [2.05, 4.69) is 609 Å². The van der Waals surface area contributed by atoms with Gasteiger partial charge in [-0.1, -0.05) is 442 Å². The zero-order chi connectivity index (χ0) is 105. The Kier molecular flexibility index (Phi) is 29.2. The zero-order valence-electron chi connectivity index (χ0n) is 90.5. The van der Waals surface area contributed by atoms with E-state index < -0.39 is 0 Å². The van der Waals surface area contributed by atoms with Gasteiger partial charge in [-0.2, -0.15) is 0 Å². The third-order valence-electron chi connectivity index (χ3n) is 28.6. The van der Waals surface area contributed by atoms with Crippen LogP contribution in [0, 0.1) is 0 Å². The largest absolute Gasteiger partial charge is 0.336 e. The topological polar surface area (TPSA) is 58.0 Å². The first-order chi connectivity index (χ1) is 71.9. The molecule has 4 heterocycles. The van der Waals surface area contributed by atoms with Crippen LogP contribution < -0.4 is 9.80 Å². The molecule has 22 rings (SSSR count). The summed E-state index contributed by atoms with van der Waals surface area (Å²) < 4.78 is 0. The van der Waals surface area contributed by atoms with Crippen LogP contribution >= 0.6 is 11.8 Å².